The van der Waals surface area contributed by atoms with Gasteiger partial charge >= 0.3 is 16.3 Å². The van der Waals surface area contributed by atoms with Crippen molar-refractivity contribution in [2.45, 2.75) is 19.8 Å². The van der Waals surface area contributed by atoms with E-state index in [0.29, 0.717) is 6.42 Å². The summed E-state index contributed by atoms with van der Waals surface area (Å²) in [6.45, 7) is 2.07. The van der Waals surface area contributed by atoms with Gasteiger partial charge in [-0.25, -0.2) is 9.52 Å². The van der Waals surface area contributed by atoms with Crippen LogP contribution in [0.1, 0.15) is 19.8 Å². The summed E-state index contributed by atoms with van der Waals surface area (Å²) in [4.78, 5) is 10.7. The number of carbonyl (C=O) groups is 1. The number of methoxy groups -OCH3 is 1. The Morgan fingerprint density at radius 3 is 2.56 bits per heavy atom. The number of hydrogen-bond donors (Lipinski definition) is 3. The first kappa shape index (κ1) is 15.1. The summed E-state index contributed by atoms with van der Waals surface area (Å²) in [6, 6.07) is 0. The molecule has 0 aromatic carbocycles. The Labute approximate surface area is 95.4 Å². The molecule has 0 bridgehead atoms. The molecule has 0 aliphatic carbocycles. The van der Waals surface area contributed by atoms with E-state index in [-0.39, 0.29) is 19.1 Å². The van der Waals surface area contributed by atoms with Crippen molar-refractivity contribution < 1.29 is 23.1 Å². The molecule has 1 unspecified atom stereocenters. The fraction of sp³-hybridized carbons (Fsp3) is 0.875. The third-order valence-corrected chi connectivity index (χ3v) is 3.06. The summed E-state index contributed by atoms with van der Waals surface area (Å²) in [7, 11) is -2.80. The number of nitrogens with one attached hydrogen (secondary N) is 2. The van der Waals surface area contributed by atoms with E-state index >= 15 is 0 Å². The van der Waals surface area contributed by atoms with Gasteiger partial charge in [-0.3, -0.25) is 0 Å². The number of carbonyl (C=O) groups excluding carboxylic acids is 1. The number of ether oxygens (including phenoxy) is 1. The SMILES string of the molecule is CCC(CCO)CNS(=O)(=O)NC(=O)OC. The van der Waals surface area contributed by atoms with Gasteiger partial charge in [0.05, 0.1) is 7.11 Å². The predicted octanol–water partition coefficient (Wildman–Crippen LogP) is -0.415. The summed E-state index contributed by atoms with van der Waals surface area (Å²) >= 11 is 0. The van der Waals surface area contributed by atoms with Gasteiger partial charge in [-0.2, -0.15) is 13.1 Å². The van der Waals surface area contributed by atoms with Crippen molar-refractivity contribution in [3.05, 3.63) is 0 Å². The maximum atomic E-state index is 11.2. The molecule has 7 nitrogen and oxygen atoms in total. The average molecular weight is 254 g/mol. The van der Waals surface area contributed by atoms with E-state index in [9.17, 15) is 13.2 Å². The molecule has 0 aromatic rings. The standard InChI is InChI=1S/C8H18N2O5S/c1-3-7(4-5-11)6-9-16(13,14)10-8(12)15-2/h7,9,11H,3-6H2,1-2H3,(H,10,12). The minimum atomic E-state index is -3.87. The highest BCUT2D eigenvalue weighted by molar-refractivity contribution is 7.88. The van der Waals surface area contributed by atoms with Crippen LogP contribution in [-0.2, 0) is 14.9 Å². The van der Waals surface area contributed by atoms with E-state index in [4.69, 9.17) is 5.11 Å². The molecule has 0 rings (SSSR count). The predicted molar refractivity (Wildman–Crippen MR) is 57.9 cm³/mol. The summed E-state index contributed by atoms with van der Waals surface area (Å²) < 4.78 is 30.5. The second kappa shape index (κ2) is 7.42. The van der Waals surface area contributed by atoms with Gasteiger partial charge < -0.3 is 9.84 Å². The van der Waals surface area contributed by atoms with Crippen molar-refractivity contribution in [2.24, 2.45) is 5.92 Å². The van der Waals surface area contributed by atoms with E-state index in [1.165, 1.54) is 0 Å². The third-order valence-electron chi connectivity index (χ3n) is 2.08. The molecule has 0 aliphatic rings. The number of hydrogen-bond acceptors (Lipinski definition) is 5. The Morgan fingerprint density at radius 1 is 1.50 bits per heavy atom. The zero-order valence-corrected chi connectivity index (χ0v) is 10.2. The van der Waals surface area contributed by atoms with Crippen LogP contribution in [0, 0.1) is 5.92 Å². The fourth-order valence-corrected chi connectivity index (χ4v) is 1.88. The van der Waals surface area contributed by atoms with Gasteiger partial charge in [-0.1, -0.05) is 13.3 Å². The summed E-state index contributed by atoms with van der Waals surface area (Å²) in [6.07, 6.45) is 0.209. The maximum Gasteiger partial charge on any atom is 0.421 e. The zero-order chi connectivity index (χ0) is 12.6. The Balaban J connectivity index is 4.11. The number of aliphatic hydroxyl groups excluding tert-OH is 1. The molecule has 1 amide bonds. The molecule has 0 aromatic heterocycles. The van der Waals surface area contributed by atoms with E-state index in [1.807, 2.05) is 6.92 Å². The van der Waals surface area contributed by atoms with Gasteiger partial charge in [-0.05, 0) is 12.3 Å². The van der Waals surface area contributed by atoms with E-state index in [1.54, 1.807) is 4.72 Å². The van der Waals surface area contributed by atoms with Crippen molar-refractivity contribution in [1.82, 2.24) is 9.44 Å². The van der Waals surface area contributed by atoms with Crippen LogP contribution in [0.5, 0.6) is 0 Å². The number of aliphatic hydroxyl groups is 1. The first-order valence-electron chi connectivity index (χ1n) is 4.91. The molecule has 3 N–H and O–H groups in total. The van der Waals surface area contributed by atoms with Gasteiger partial charge in [-0.15, -0.1) is 0 Å². The summed E-state index contributed by atoms with van der Waals surface area (Å²) in [5, 5.41) is 8.71. The van der Waals surface area contributed by atoms with Crippen molar-refractivity contribution >= 4 is 16.3 Å². The molecule has 0 aliphatic heterocycles. The monoisotopic (exact) mass is 254 g/mol. The molecule has 0 saturated carbocycles. The normalized spacial score (nSPS) is 13.2. The van der Waals surface area contributed by atoms with Crippen molar-refractivity contribution in [2.75, 3.05) is 20.3 Å². The molecule has 0 spiro atoms. The third kappa shape index (κ3) is 6.59. The fourth-order valence-electron chi connectivity index (χ4n) is 1.05. The lowest BCUT2D eigenvalue weighted by molar-refractivity contribution is 0.177. The lowest BCUT2D eigenvalue weighted by Crippen LogP contribution is -2.42. The van der Waals surface area contributed by atoms with Crippen LogP contribution in [0.4, 0.5) is 4.79 Å². The van der Waals surface area contributed by atoms with Gasteiger partial charge in [0.25, 0.3) is 0 Å². The molecule has 16 heavy (non-hydrogen) atoms. The van der Waals surface area contributed by atoms with Crippen LogP contribution < -0.4 is 9.44 Å². The Kier molecular flexibility index (Phi) is 7.02. The highest BCUT2D eigenvalue weighted by Crippen LogP contribution is 2.05. The highest BCUT2D eigenvalue weighted by Gasteiger charge is 2.16. The van der Waals surface area contributed by atoms with Gasteiger partial charge in [0.15, 0.2) is 0 Å². The van der Waals surface area contributed by atoms with Crippen LogP contribution in [0.15, 0.2) is 0 Å². The molecule has 96 valence electrons. The molecule has 0 radical (unpaired) electrons. The quantitative estimate of drug-likeness (QED) is 0.572. The van der Waals surface area contributed by atoms with Gasteiger partial charge in [0.1, 0.15) is 0 Å². The second-order valence-electron chi connectivity index (χ2n) is 3.23. The van der Waals surface area contributed by atoms with Crippen LogP contribution in [0.25, 0.3) is 0 Å². The minimum Gasteiger partial charge on any atom is -0.452 e. The maximum absolute atomic E-state index is 11.2. The number of rotatable bonds is 7. The van der Waals surface area contributed by atoms with Gasteiger partial charge in [0, 0.05) is 13.2 Å². The largest absolute Gasteiger partial charge is 0.452 e. The topological polar surface area (TPSA) is 105 Å². The first-order chi connectivity index (χ1) is 7.45. The van der Waals surface area contributed by atoms with E-state index < -0.39 is 16.3 Å². The van der Waals surface area contributed by atoms with Crippen LogP contribution in [-0.4, -0.2) is 39.9 Å². The van der Waals surface area contributed by atoms with Crippen molar-refractivity contribution in [3.8, 4) is 0 Å². The molecule has 1 atom stereocenters. The second-order valence-corrected chi connectivity index (χ2v) is 4.73. The number of amides is 1. The lowest BCUT2D eigenvalue weighted by atomic mass is 10.0. The Hall–Kier alpha value is -0.860. The average Bonchev–Trinajstić information content (AvgIpc) is 2.23. The Morgan fingerprint density at radius 2 is 2.12 bits per heavy atom. The Bertz CT molecular complexity index is 304. The first-order valence-corrected chi connectivity index (χ1v) is 6.39. The van der Waals surface area contributed by atoms with Crippen LogP contribution in [0.3, 0.4) is 0 Å². The summed E-state index contributed by atoms with van der Waals surface area (Å²) in [5.74, 6) is 0.0409. The lowest BCUT2D eigenvalue weighted by Gasteiger charge is -2.14. The van der Waals surface area contributed by atoms with Gasteiger partial charge in [0.2, 0.25) is 0 Å². The van der Waals surface area contributed by atoms with Crippen molar-refractivity contribution in [1.29, 1.82) is 0 Å². The molecule has 0 heterocycles. The summed E-state index contributed by atoms with van der Waals surface area (Å²) in [5.41, 5.74) is 0. The smallest absolute Gasteiger partial charge is 0.421 e. The molecule has 0 saturated heterocycles. The van der Waals surface area contributed by atoms with E-state index in [2.05, 4.69) is 9.46 Å². The molecule has 8 heteroatoms. The molecule has 0 fully saturated rings. The molecular weight excluding hydrogens is 236 g/mol. The van der Waals surface area contributed by atoms with E-state index in [0.717, 1.165) is 13.5 Å². The van der Waals surface area contributed by atoms with Crippen molar-refractivity contribution in [3.63, 3.8) is 0 Å². The van der Waals surface area contributed by atoms with Crippen LogP contribution in [0.2, 0.25) is 0 Å². The zero-order valence-electron chi connectivity index (χ0n) is 9.39. The minimum absolute atomic E-state index is 0.00463. The van der Waals surface area contributed by atoms with Crippen LogP contribution >= 0.6 is 0 Å². The molecular formula is C8H18N2O5S. The highest BCUT2D eigenvalue weighted by atomic mass is 32.2.